The third-order valence-electron chi connectivity index (χ3n) is 16.9. The smallest absolute Gasteiger partial charge is 0.316 e. The van der Waals surface area contributed by atoms with Gasteiger partial charge in [0.05, 0.1) is 52.1 Å². The zero-order chi connectivity index (χ0) is 58.3. The molecule has 0 radical (unpaired) electrons. The van der Waals surface area contributed by atoms with Crippen molar-refractivity contribution < 1.29 is 56.5 Å². The molecule has 1 saturated carbocycles. The van der Waals surface area contributed by atoms with Crippen LogP contribution in [0.15, 0.2) is 82.3 Å². The number of cyclic esters (lactones) is 1. The molecule has 5 heterocycles. The van der Waals surface area contributed by atoms with Crippen molar-refractivity contribution in [2.45, 2.75) is 180 Å². The van der Waals surface area contributed by atoms with Crippen LogP contribution in [0, 0.1) is 35.0 Å². The Morgan fingerprint density at radius 2 is 1.79 bits per heavy atom. The van der Waals surface area contributed by atoms with Crippen LogP contribution in [0.1, 0.15) is 130 Å². The number of fused-ring (bicyclic) bond motifs is 5. The summed E-state index contributed by atoms with van der Waals surface area (Å²) in [5.74, 6) is -5.42. The molecule has 7 rings (SSSR count). The summed E-state index contributed by atoms with van der Waals surface area (Å²) in [6.45, 7) is 15.7. The average Bonchev–Trinajstić information content (AvgIpc) is 4.26. The lowest BCUT2D eigenvalue weighted by Crippen LogP contribution is -2.58. The number of sulfone groups is 1. The summed E-state index contributed by atoms with van der Waals surface area (Å²) in [5.41, 5.74) is 1.38. The highest BCUT2D eigenvalue weighted by molar-refractivity contribution is 7.90. The van der Waals surface area contributed by atoms with E-state index < -0.39 is 118 Å². The number of hydrogen-bond donors (Lipinski definition) is 2. The molecule has 3 aliphatic rings. The van der Waals surface area contributed by atoms with Gasteiger partial charge in [0.15, 0.2) is 28.5 Å². The number of alkyl halides is 1. The summed E-state index contributed by atoms with van der Waals surface area (Å²) in [4.78, 5) is 59.8. The van der Waals surface area contributed by atoms with Crippen molar-refractivity contribution in [1.29, 1.82) is 0 Å². The third kappa shape index (κ3) is 14.9. The number of amides is 1. The van der Waals surface area contributed by atoms with E-state index in [1.807, 2.05) is 71.0 Å². The van der Waals surface area contributed by atoms with Crippen molar-refractivity contribution in [2.24, 2.45) is 45.2 Å². The maximum atomic E-state index is 15.0. The molecule has 22 heteroatoms. The number of nitrogens with zero attached hydrogens (tertiary/aromatic N) is 9. The van der Waals surface area contributed by atoms with Crippen LogP contribution in [0.25, 0.3) is 5.69 Å². The highest BCUT2D eigenvalue weighted by Crippen LogP contribution is 2.47. The van der Waals surface area contributed by atoms with Gasteiger partial charge in [-0.15, -0.1) is 5.10 Å². The minimum atomic E-state index is -3.38. The lowest BCUT2D eigenvalue weighted by atomic mass is 9.65. The van der Waals surface area contributed by atoms with Gasteiger partial charge in [-0.3, -0.25) is 19.4 Å². The number of ether oxygens (including phenoxy) is 3. The van der Waals surface area contributed by atoms with Crippen molar-refractivity contribution in [3.05, 3.63) is 84.2 Å². The number of pyridine rings is 1. The predicted octanol–water partition coefficient (Wildman–Crippen LogP) is 7.09. The van der Waals surface area contributed by atoms with Crippen molar-refractivity contribution in [3.8, 4) is 5.69 Å². The first-order chi connectivity index (χ1) is 37.8. The summed E-state index contributed by atoms with van der Waals surface area (Å²) in [6, 6.07) is 10.7. The molecule has 1 aliphatic carbocycles. The number of Topliss-reactive ketones (excluding diaryl/α,β-unsaturated/α-hetero) is 1. The fourth-order valence-electron chi connectivity index (χ4n) is 12.3. The number of ketones is 1. The largest absolute Gasteiger partial charge is 0.459 e. The van der Waals surface area contributed by atoms with Gasteiger partial charge in [-0.2, -0.15) is 5.10 Å². The Bertz CT molecular complexity index is 2900. The summed E-state index contributed by atoms with van der Waals surface area (Å²) in [7, 11) is -1.50. The van der Waals surface area contributed by atoms with E-state index in [4.69, 9.17) is 24.2 Å². The molecule has 3 fully saturated rings. The number of halogens is 1. The maximum absolute atomic E-state index is 15.0. The molecule has 14 atom stereocenters. The Balaban J connectivity index is 1.19. The number of hydrogen-bond acceptors (Lipinski definition) is 17. The van der Waals surface area contributed by atoms with Gasteiger partial charge in [0.2, 0.25) is 5.91 Å². The van der Waals surface area contributed by atoms with Crippen LogP contribution in [0.5, 0.6) is 0 Å². The first-order valence-electron chi connectivity index (χ1n) is 28.0. The van der Waals surface area contributed by atoms with Crippen LogP contribution in [-0.2, 0) is 62.7 Å². The van der Waals surface area contributed by atoms with E-state index in [0.717, 1.165) is 17.5 Å². The van der Waals surface area contributed by atoms with Gasteiger partial charge in [0.25, 0.3) is 0 Å². The van der Waals surface area contributed by atoms with E-state index in [0.29, 0.717) is 74.3 Å². The van der Waals surface area contributed by atoms with Gasteiger partial charge in [0, 0.05) is 68.3 Å². The number of esters is 1. The van der Waals surface area contributed by atoms with Crippen molar-refractivity contribution in [3.63, 3.8) is 0 Å². The van der Waals surface area contributed by atoms with Crippen LogP contribution in [0.3, 0.4) is 0 Å². The number of likely N-dealkylation sites (N-methyl/N-ethyl adjacent to an activating group) is 1. The topological polar surface area (TPSA) is 252 Å². The number of carbonyl (C=O) groups is 3. The lowest BCUT2D eigenvalue weighted by Gasteiger charge is -2.48. The molecule has 20 nitrogen and oxygen atoms in total. The molecule has 2 N–H and O–H groups in total. The predicted molar refractivity (Wildman–Crippen MR) is 297 cm³/mol. The second kappa shape index (κ2) is 26.5. The minimum Gasteiger partial charge on any atom is -0.459 e. The van der Waals surface area contributed by atoms with Crippen LogP contribution < -0.4 is 0 Å². The number of aromatic nitrogens is 6. The summed E-state index contributed by atoms with van der Waals surface area (Å²) in [5, 5.41) is 42.8. The van der Waals surface area contributed by atoms with Gasteiger partial charge >= 0.3 is 5.97 Å². The Hall–Kier alpha value is -5.65. The minimum absolute atomic E-state index is 0.0603. The fraction of sp³-hybridized carbons (Fsp3) is 0.638. The molecule has 80 heavy (non-hydrogen) atoms. The Morgan fingerprint density at radius 3 is 2.42 bits per heavy atom. The van der Waals surface area contributed by atoms with Gasteiger partial charge in [-0.1, -0.05) is 57.1 Å². The number of oxime groups is 1. The molecule has 0 unspecified atom stereocenters. The highest BCUT2D eigenvalue weighted by Gasteiger charge is 2.52. The maximum Gasteiger partial charge on any atom is 0.316 e. The van der Waals surface area contributed by atoms with Crippen molar-refractivity contribution in [1.82, 2.24) is 34.7 Å². The molecule has 3 aromatic heterocycles. The normalized spacial score (nSPS) is 31.8. The van der Waals surface area contributed by atoms with Crippen LogP contribution in [0.4, 0.5) is 4.39 Å². The van der Waals surface area contributed by atoms with Crippen LogP contribution in [0.2, 0.25) is 0 Å². The first-order valence-corrected chi connectivity index (χ1v) is 29.9. The zero-order valence-corrected chi connectivity index (χ0v) is 49.0. The number of rotatable bonds is 16. The van der Waals surface area contributed by atoms with Crippen molar-refractivity contribution >= 4 is 38.9 Å². The number of aliphatic hydroxyl groups excluding tert-OH is 1. The van der Waals surface area contributed by atoms with Gasteiger partial charge in [0.1, 0.15) is 30.4 Å². The second-order valence-electron chi connectivity index (χ2n) is 23.1. The summed E-state index contributed by atoms with van der Waals surface area (Å²) in [6.07, 6.45) is 6.21. The summed E-state index contributed by atoms with van der Waals surface area (Å²) < 4.78 is 61.4. The monoisotopic (exact) mass is 1130 g/mol. The van der Waals surface area contributed by atoms with E-state index in [2.05, 4.69) is 25.4 Å². The SMILES string of the molecule is CC[C@H]1OC(=O)[C@H](C)C(=O)[C@H](C)[C@@H](O[C@@H]2O[C@H](C)C[C@H](N(C)CCc3cn([C@H](CF)Cc4ccc(S(C)(=O)=O)cc4)nn3)[C@H]2O)[C@]2(C)CC/C(=N/OCc3ccc(-n4cccn4)cn3)CC[C@H]([C@@H](C)C(=NC(C)=O)[C@H](C)C2)[C@]1(C)O. The molecule has 1 amide bonds. The number of carbonyl (C=O) groups excluding carboxylic acids is 3. The fourth-order valence-corrected chi connectivity index (χ4v) is 12.9. The Labute approximate surface area is 469 Å². The van der Waals surface area contributed by atoms with E-state index in [1.165, 1.54) is 30.7 Å². The standard InChI is InChI=1S/C58H82FN9O11S/c1-12-50-58(9,73)48-21-17-42(64-76-34-44-16-18-45(32-60-44)67-26-13-25-61-67)22-24-57(8,30-35(2)51(37(48)4)62-40(7)69)54(38(5)52(70)39(6)55(72)78-50)79-56-53(71)49(28-36(3)77-56)66(10)27-23-43-33-68(65-63-43)46(31-59)29-41-14-19-47(20-15-41)80(11,74)75/h13-16,18-20,25-26,32-33,35-39,46,48-50,53-54,56,71,73H,12,17,21-24,27-31,34H2,1-11H3/b62-51?,64-42+/t35-,36-,37-,38+,39-,46+,48-,49+,50-,53-,54-,56+,57-,58+/m1/s1. The number of aliphatic imine (C=N–C) groups is 1. The van der Waals surface area contributed by atoms with Gasteiger partial charge in [-0.25, -0.2) is 27.2 Å². The zero-order valence-electron chi connectivity index (χ0n) is 48.1. The van der Waals surface area contributed by atoms with E-state index in [1.54, 1.807) is 49.3 Å². The highest BCUT2D eigenvalue weighted by atomic mass is 32.2. The van der Waals surface area contributed by atoms with Crippen LogP contribution >= 0.6 is 0 Å². The molecule has 2 aliphatic heterocycles. The Kier molecular flexibility index (Phi) is 20.5. The third-order valence-corrected chi connectivity index (χ3v) is 18.0. The molecular formula is C58H82FN9O11S. The van der Waals surface area contributed by atoms with E-state index in [9.17, 15) is 37.4 Å². The lowest BCUT2D eigenvalue weighted by molar-refractivity contribution is -0.287. The number of aliphatic hydroxyl groups is 2. The molecule has 4 aromatic rings. The van der Waals surface area contributed by atoms with Gasteiger partial charge < -0.3 is 34.2 Å². The molecule has 0 spiro atoms. The van der Waals surface area contributed by atoms with E-state index in [-0.39, 0.29) is 24.3 Å². The average molecular weight is 1130 g/mol. The number of benzene rings is 1. The molecule has 1 aromatic carbocycles. The van der Waals surface area contributed by atoms with Gasteiger partial charge in [-0.05, 0) is 132 Å². The molecule has 2 saturated heterocycles. The molecule has 438 valence electrons. The molecular weight excluding hydrogens is 1050 g/mol. The first kappa shape index (κ1) is 62.0. The second-order valence-corrected chi connectivity index (χ2v) is 25.1. The van der Waals surface area contributed by atoms with Crippen molar-refractivity contribution in [2.75, 3.05) is 26.5 Å². The quantitative estimate of drug-likeness (QED) is 0.0645. The Morgan fingerprint density at radius 1 is 1.05 bits per heavy atom. The van der Waals surface area contributed by atoms with E-state index >= 15 is 0 Å². The molecule has 2 bridgehead atoms. The summed E-state index contributed by atoms with van der Waals surface area (Å²) >= 11 is 0. The van der Waals surface area contributed by atoms with Crippen LogP contribution in [-0.4, -0.2) is 151 Å².